The van der Waals surface area contributed by atoms with Crippen molar-refractivity contribution in [2.24, 2.45) is 0 Å². The molecule has 0 N–H and O–H groups in total. The molecule has 0 aromatic heterocycles. The van der Waals surface area contributed by atoms with Gasteiger partial charge < -0.3 is 4.74 Å². The van der Waals surface area contributed by atoms with Crippen LogP contribution in [0.2, 0.25) is 0 Å². The van der Waals surface area contributed by atoms with Crippen LogP contribution >= 0.6 is 8.58 Å². The standard InChI is InChI=1S/C11H13O2P.C6H4/c1-2-11(12)13-8-9-14-10-6-4-3-5-7-10;1-2-6-4-3-5(1)6/h2-7,14H,1,8-9H2;1-4H. The lowest BCUT2D eigenvalue weighted by atomic mass is 10.1. The molecule has 0 saturated heterocycles. The van der Waals surface area contributed by atoms with E-state index in [1.807, 2.05) is 18.2 Å². The number of rotatable bonds is 5. The zero-order chi connectivity index (χ0) is 14.2. The Morgan fingerprint density at radius 2 is 1.65 bits per heavy atom. The van der Waals surface area contributed by atoms with Crippen molar-refractivity contribution in [3.05, 3.63) is 77.7 Å². The molecule has 1 aromatic rings. The minimum Gasteiger partial charge on any atom is -0.462 e. The molecule has 102 valence electrons. The van der Waals surface area contributed by atoms with Gasteiger partial charge in [-0.05, 0) is 15.7 Å². The van der Waals surface area contributed by atoms with Crippen LogP contribution in [0.25, 0.3) is 0 Å². The van der Waals surface area contributed by atoms with Crippen LogP contribution < -0.4 is 5.30 Å². The summed E-state index contributed by atoms with van der Waals surface area (Å²) in [6, 6.07) is 18.7. The number of ether oxygens (including phenoxy) is 1. The summed E-state index contributed by atoms with van der Waals surface area (Å²) in [4.78, 5) is 10.7. The van der Waals surface area contributed by atoms with Gasteiger partial charge in [-0.25, -0.2) is 4.79 Å². The summed E-state index contributed by atoms with van der Waals surface area (Å²) in [5.74, 6) is -0.345. The summed E-state index contributed by atoms with van der Waals surface area (Å²) in [6.45, 7) is 3.80. The Kier molecular flexibility index (Phi) is 5.52. The Morgan fingerprint density at radius 3 is 2.10 bits per heavy atom. The van der Waals surface area contributed by atoms with Crippen molar-refractivity contribution in [1.82, 2.24) is 0 Å². The van der Waals surface area contributed by atoms with Crippen LogP contribution in [0, 0.1) is 10.4 Å². The normalized spacial score (nSPS) is 10.6. The third-order valence-electron chi connectivity index (χ3n) is 2.83. The summed E-state index contributed by atoms with van der Waals surface area (Å²) in [5, 5.41) is 4.15. The monoisotopic (exact) mass is 284 g/mol. The molecule has 0 amide bonds. The maximum atomic E-state index is 10.7. The molecule has 3 heteroatoms. The molecule has 3 rings (SSSR count). The summed E-state index contributed by atoms with van der Waals surface area (Å²) >= 11 is 0. The van der Waals surface area contributed by atoms with Crippen molar-refractivity contribution in [2.45, 2.75) is 0 Å². The first-order chi connectivity index (χ1) is 9.79. The largest absolute Gasteiger partial charge is 0.462 e. The van der Waals surface area contributed by atoms with E-state index in [1.165, 1.54) is 21.8 Å². The molecule has 0 bridgehead atoms. The van der Waals surface area contributed by atoms with Crippen molar-refractivity contribution in [3.8, 4) is 0 Å². The molecular weight excluding hydrogens is 267 g/mol. The van der Waals surface area contributed by atoms with E-state index in [1.54, 1.807) is 0 Å². The quantitative estimate of drug-likeness (QED) is 0.311. The molecule has 2 nitrogen and oxygen atoms in total. The lowest BCUT2D eigenvalue weighted by molar-refractivity contribution is -0.137. The van der Waals surface area contributed by atoms with Gasteiger partial charge >= 0.3 is 5.97 Å². The van der Waals surface area contributed by atoms with Crippen molar-refractivity contribution < 1.29 is 9.53 Å². The lowest BCUT2D eigenvalue weighted by Gasteiger charge is -2.02. The van der Waals surface area contributed by atoms with E-state index in [2.05, 4.69) is 43.0 Å². The van der Waals surface area contributed by atoms with Crippen LogP contribution in [0.15, 0.2) is 67.3 Å². The molecule has 1 aromatic carbocycles. The van der Waals surface area contributed by atoms with Crippen LogP contribution in [-0.2, 0) is 9.53 Å². The second kappa shape index (κ2) is 7.62. The molecular formula is C17H17O2P. The van der Waals surface area contributed by atoms with E-state index in [4.69, 9.17) is 4.74 Å². The second-order valence-corrected chi connectivity index (χ2v) is 5.67. The van der Waals surface area contributed by atoms with E-state index < -0.39 is 0 Å². The van der Waals surface area contributed by atoms with Gasteiger partial charge in [-0.2, -0.15) is 0 Å². The van der Waals surface area contributed by atoms with Gasteiger partial charge in [0.25, 0.3) is 0 Å². The van der Waals surface area contributed by atoms with Gasteiger partial charge in [0, 0.05) is 12.2 Å². The highest BCUT2D eigenvalue weighted by Crippen LogP contribution is 2.08. The van der Waals surface area contributed by atoms with Gasteiger partial charge in [0.2, 0.25) is 0 Å². The predicted molar refractivity (Wildman–Crippen MR) is 84.5 cm³/mol. The Labute approximate surface area is 120 Å². The van der Waals surface area contributed by atoms with Gasteiger partial charge in [0.1, 0.15) is 0 Å². The van der Waals surface area contributed by atoms with E-state index in [-0.39, 0.29) is 5.97 Å². The Bertz CT molecular complexity index is 615. The molecule has 2 aliphatic carbocycles. The van der Waals surface area contributed by atoms with Crippen LogP contribution in [0.5, 0.6) is 0 Å². The molecule has 0 saturated carbocycles. The summed E-state index contributed by atoms with van der Waals surface area (Å²) < 4.78 is 4.86. The maximum Gasteiger partial charge on any atom is 0.330 e. The fourth-order valence-corrected chi connectivity index (χ4v) is 2.55. The Hall–Kier alpha value is -1.92. The first kappa shape index (κ1) is 14.5. The fourth-order valence-electron chi connectivity index (χ4n) is 1.62. The van der Waals surface area contributed by atoms with Gasteiger partial charge in [0.05, 0.1) is 6.61 Å². The lowest BCUT2D eigenvalue weighted by Crippen LogP contribution is -2.05. The van der Waals surface area contributed by atoms with E-state index >= 15 is 0 Å². The molecule has 1 unspecified atom stereocenters. The van der Waals surface area contributed by atoms with Crippen molar-refractivity contribution in [2.75, 3.05) is 12.8 Å². The van der Waals surface area contributed by atoms with Crippen molar-refractivity contribution in [3.63, 3.8) is 0 Å². The number of carbonyl (C=O) groups excluding carboxylic acids is 1. The van der Waals surface area contributed by atoms with Gasteiger partial charge in [-0.1, -0.05) is 69.8 Å². The fraction of sp³-hybridized carbons (Fsp3) is 0.118. The molecule has 0 heterocycles. The third kappa shape index (κ3) is 4.32. The number of hydrogen-bond donors (Lipinski definition) is 0. The van der Waals surface area contributed by atoms with E-state index in [0.29, 0.717) is 15.2 Å². The summed E-state index contributed by atoms with van der Waals surface area (Å²) in [6.07, 6.45) is 2.06. The highest BCUT2D eigenvalue weighted by molar-refractivity contribution is 7.47. The van der Waals surface area contributed by atoms with E-state index in [9.17, 15) is 4.79 Å². The summed E-state index contributed by atoms with van der Waals surface area (Å²) in [7, 11) is 0.694. The average molecular weight is 284 g/mol. The highest BCUT2D eigenvalue weighted by atomic mass is 31.1. The molecule has 0 fully saturated rings. The molecule has 2 aliphatic rings. The average Bonchev–Trinajstić information content (AvgIpc) is 2.48. The van der Waals surface area contributed by atoms with Gasteiger partial charge in [-0.15, -0.1) is 0 Å². The molecule has 0 spiro atoms. The Balaban J connectivity index is 0.000000198. The number of benzene rings is 2. The first-order valence-electron chi connectivity index (χ1n) is 6.48. The van der Waals surface area contributed by atoms with Crippen LogP contribution in [-0.4, -0.2) is 18.7 Å². The zero-order valence-electron chi connectivity index (χ0n) is 11.2. The smallest absolute Gasteiger partial charge is 0.330 e. The summed E-state index contributed by atoms with van der Waals surface area (Å²) in [5.41, 5.74) is 0. The Morgan fingerprint density at radius 1 is 1.05 bits per heavy atom. The third-order valence-corrected chi connectivity index (χ3v) is 4.03. The maximum absolute atomic E-state index is 10.7. The minimum absolute atomic E-state index is 0.345. The number of esters is 1. The molecule has 20 heavy (non-hydrogen) atoms. The molecule has 0 radical (unpaired) electrons. The minimum atomic E-state index is -0.345. The van der Waals surface area contributed by atoms with E-state index in [0.717, 1.165) is 6.16 Å². The van der Waals surface area contributed by atoms with Gasteiger partial charge in [-0.3, -0.25) is 0 Å². The number of carbonyl (C=O) groups is 1. The molecule has 0 aliphatic heterocycles. The molecule has 1 atom stereocenters. The zero-order valence-corrected chi connectivity index (χ0v) is 12.2. The van der Waals surface area contributed by atoms with Gasteiger partial charge in [0.15, 0.2) is 0 Å². The van der Waals surface area contributed by atoms with Crippen molar-refractivity contribution in [1.29, 1.82) is 0 Å². The van der Waals surface area contributed by atoms with Crippen molar-refractivity contribution >= 4 is 19.9 Å². The SMILES string of the molecule is C=CC(=O)OCCPc1ccccc1.c1cc2ccc1=2. The second-order valence-electron chi connectivity index (χ2n) is 4.24. The first-order valence-corrected chi connectivity index (χ1v) is 7.69. The van der Waals surface area contributed by atoms with Crippen LogP contribution in [0.3, 0.4) is 0 Å². The van der Waals surface area contributed by atoms with Crippen LogP contribution in [0.4, 0.5) is 0 Å². The van der Waals surface area contributed by atoms with Crippen LogP contribution in [0.1, 0.15) is 0 Å². The predicted octanol–water partition coefficient (Wildman–Crippen LogP) is 3.01. The topological polar surface area (TPSA) is 26.3 Å². The highest BCUT2D eigenvalue weighted by Gasteiger charge is 1.95. The number of hydrogen-bond acceptors (Lipinski definition) is 2.